The lowest BCUT2D eigenvalue weighted by atomic mass is 10.2. The van der Waals surface area contributed by atoms with Crippen LogP contribution < -0.4 is 0 Å². The smallest absolute Gasteiger partial charge is 0.307 e. The molecule has 0 saturated heterocycles. The minimum absolute atomic E-state index is 0.137. The quantitative estimate of drug-likeness (QED) is 0.873. The number of sulfone groups is 1. The predicted octanol–water partition coefficient (Wildman–Crippen LogP) is 1.06. The standard InChI is InChI=1S/C13H13N3O4S/c1-21(19,20)8-4-2-3-7(5-8)11-14-12(16-15-11)9-6-10(9)13(17)18/h2-5,9-10H,6H2,1H3,(H,17,18)(H,14,15,16)/t9-,10-/m1/s1. The van der Waals surface area contributed by atoms with Crippen LogP contribution in [0.1, 0.15) is 18.2 Å². The first-order valence-corrected chi connectivity index (χ1v) is 8.21. The fraction of sp³-hybridized carbons (Fsp3) is 0.308. The monoisotopic (exact) mass is 307 g/mol. The Bertz CT molecular complexity index is 812. The second-order valence-corrected chi connectivity index (χ2v) is 7.15. The maximum absolute atomic E-state index is 11.5. The van der Waals surface area contributed by atoms with E-state index in [9.17, 15) is 13.2 Å². The number of carboxylic acids is 1. The van der Waals surface area contributed by atoms with E-state index in [1.165, 1.54) is 12.1 Å². The van der Waals surface area contributed by atoms with Crippen LogP contribution in [0, 0.1) is 5.92 Å². The van der Waals surface area contributed by atoms with Crippen molar-refractivity contribution in [2.75, 3.05) is 6.26 Å². The molecule has 1 saturated carbocycles. The third-order valence-corrected chi connectivity index (χ3v) is 4.59. The zero-order chi connectivity index (χ0) is 15.2. The van der Waals surface area contributed by atoms with Gasteiger partial charge in [0.1, 0.15) is 5.82 Å². The fourth-order valence-electron chi connectivity index (χ4n) is 2.21. The maximum atomic E-state index is 11.5. The van der Waals surface area contributed by atoms with E-state index < -0.39 is 21.7 Å². The first-order chi connectivity index (χ1) is 9.86. The van der Waals surface area contributed by atoms with Crippen LogP contribution in [-0.2, 0) is 14.6 Å². The summed E-state index contributed by atoms with van der Waals surface area (Å²) in [5, 5.41) is 15.7. The van der Waals surface area contributed by atoms with Crippen LogP contribution in [0.4, 0.5) is 0 Å². The van der Waals surface area contributed by atoms with Gasteiger partial charge in [-0.1, -0.05) is 12.1 Å². The Labute approximate surface area is 121 Å². The molecule has 8 heteroatoms. The fourth-order valence-corrected chi connectivity index (χ4v) is 2.87. The van der Waals surface area contributed by atoms with Gasteiger partial charge in [-0.15, -0.1) is 0 Å². The van der Waals surface area contributed by atoms with Gasteiger partial charge in [-0.2, -0.15) is 5.10 Å². The Hall–Kier alpha value is -2.22. The Balaban J connectivity index is 1.89. The lowest BCUT2D eigenvalue weighted by molar-refractivity contribution is -0.138. The highest BCUT2D eigenvalue weighted by atomic mass is 32.2. The average molecular weight is 307 g/mol. The molecule has 0 aliphatic heterocycles. The van der Waals surface area contributed by atoms with Gasteiger partial charge in [0, 0.05) is 17.7 Å². The van der Waals surface area contributed by atoms with Gasteiger partial charge in [-0.3, -0.25) is 9.89 Å². The summed E-state index contributed by atoms with van der Waals surface area (Å²) in [6.45, 7) is 0. The Morgan fingerprint density at radius 2 is 2.19 bits per heavy atom. The number of aromatic amines is 1. The molecule has 1 aromatic carbocycles. The van der Waals surface area contributed by atoms with Crippen LogP contribution in [0.5, 0.6) is 0 Å². The number of hydrogen-bond donors (Lipinski definition) is 2. The van der Waals surface area contributed by atoms with E-state index in [0.29, 0.717) is 23.6 Å². The van der Waals surface area contributed by atoms with E-state index in [0.717, 1.165) is 6.26 Å². The van der Waals surface area contributed by atoms with Crippen LogP contribution >= 0.6 is 0 Å². The van der Waals surface area contributed by atoms with Crippen molar-refractivity contribution in [1.29, 1.82) is 0 Å². The highest BCUT2D eigenvalue weighted by Crippen LogP contribution is 2.46. The summed E-state index contributed by atoms with van der Waals surface area (Å²) in [5.74, 6) is -0.485. The van der Waals surface area contributed by atoms with Gasteiger partial charge < -0.3 is 5.11 Å². The van der Waals surface area contributed by atoms with Crippen molar-refractivity contribution >= 4 is 15.8 Å². The van der Waals surface area contributed by atoms with Crippen molar-refractivity contribution in [1.82, 2.24) is 15.2 Å². The number of aliphatic carboxylic acids is 1. The van der Waals surface area contributed by atoms with Crippen molar-refractivity contribution in [2.45, 2.75) is 17.2 Å². The van der Waals surface area contributed by atoms with Crippen LogP contribution in [-0.4, -0.2) is 40.9 Å². The number of nitrogens with one attached hydrogen (secondary N) is 1. The Morgan fingerprint density at radius 3 is 2.81 bits per heavy atom. The molecule has 2 aromatic rings. The molecule has 1 aromatic heterocycles. The molecule has 110 valence electrons. The van der Waals surface area contributed by atoms with Gasteiger partial charge in [-0.05, 0) is 18.6 Å². The van der Waals surface area contributed by atoms with Crippen LogP contribution in [0.3, 0.4) is 0 Å². The van der Waals surface area contributed by atoms with E-state index in [1.807, 2.05) is 0 Å². The topological polar surface area (TPSA) is 113 Å². The van der Waals surface area contributed by atoms with Crippen molar-refractivity contribution in [2.24, 2.45) is 5.92 Å². The summed E-state index contributed by atoms with van der Waals surface area (Å²) in [7, 11) is -3.29. The summed E-state index contributed by atoms with van der Waals surface area (Å²) in [4.78, 5) is 15.3. The maximum Gasteiger partial charge on any atom is 0.307 e. The highest BCUT2D eigenvalue weighted by molar-refractivity contribution is 7.90. The highest BCUT2D eigenvalue weighted by Gasteiger charge is 2.46. The molecule has 0 radical (unpaired) electrons. The SMILES string of the molecule is CS(=O)(=O)c1cccc(-c2n[nH]c([C@@H]3C[C@H]3C(=O)O)n2)c1. The van der Waals surface area contributed by atoms with E-state index >= 15 is 0 Å². The second kappa shape index (κ2) is 4.66. The van der Waals surface area contributed by atoms with E-state index in [-0.39, 0.29) is 10.8 Å². The molecule has 0 bridgehead atoms. The molecule has 2 atom stereocenters. The first kappa shape index (κ1) is 13.7. The van der Waals surface area contributed by atoms with Crippen molar-refractivity contribution in [3.63, 3.8) is 0 Å². The van der Waals surface area contributed by atoms with Crippen LogP contribution in [0.15, 0.2) is 29.2 Å². The third kappa shape index (κ3) is 2.66. The molecule has 3 rings (SSSR count). The molecule has 2 N–H and O–H groups in total. The van der Waals surface area contributed by atoms with Gasteiger partial charge in [0.25, 0.3) is 0 Å². The second-order valence-electron chi connectivity index (χ2n) is 5.13. The zero-order valence-corrected chi connectivity index (χ0v) is 12.0. The Morgan fingerprint density at radius 1 is 1.43 bits per heavy atom. The summed E-state index contributed by atoms with van der Waals surface area (Å²) in [6.07, 6.45) is 1.69. The Kier molecular flexibility index (Phi) is 3.05. The summed E-state index contributed by atoms with van der Waals surface area (Å²) in [5.41, 5.74) is 0.577. The molecule has 0 spiro atoms. The number of carboxylic acid groups (broad SMARTS) is 1. The van der Waals surface area contributed by atoms with Gasteiger partial charge in [0.15, 0.2) is 15.7 Å². The summed E-state index contributed by atoms with van der Waals surface area (Å²) >= 11 is 0. The molecule has 1 heterocycles. The molecular formula is C13H13N3O4S. The summed E-state index contributed by atoms with van der Waals surface area (Å²) in [6, 6.07) is 6.35. The normalized spacial score (nSPS) is 21.2. The number of hydrogen-bond acceptors (Lipinski definition) is 5. The molecule has 1 aliphatic rings. The molecular weight excluding hydrogens is 294 g/mol. The van der Waals surface area contributed by atoms with Gasteiger partial charge in [-0.25, -0.2) is 13.4 Å². The van der Waals surface area contributed by atoms with Crippen molar-refractivity contribution < 1.29 is 18.3 Å². The number of aromatic nitrogens is 3. The predicted molar refractivity (Wildman–Crippen MR) is 73.4 cm³/mol. The average Bonchev–Trinajstić information content (AvgIpc) is 3.08. The lowest BCUT2D eigenvalue weighted by Gasteiger charge is -2.00. The van der Waals surface area contributed by atoms with Crippen LogP contribution in [0.25, 0.3) is 11.4 Å². The minimum Gasteiger partial charge on any atom is -0.481 e. The first-order valence-electron chi connectivity index (χ1n) is 6.32. The number of carbonyl (C=O) groups is 1. The number of benzene rings is 1. The molecule has 1 fully saturated rings. The van der Waals surface area contributed by atoms with Gasteiger partial charge in [0.05, 0.1) is 10.8 Å². The number of nitrogens with zero attached hydrogens (tertiary/aromatic N) is 2. The third-order valence-electron chi connectivity index (χ3n) is 3.48. The van der Waals surface area contributed by atoms with Crippen molar-refractivity contribution in [3.8, 4) is 11.4 Å². The number of rotatable bonds is 4. The molecule has 0 amide bonds. The van der Waals surface area contributed by atoms with E-state index in [1.54, 1.807) is 12.1 Å². The van der Waals surface area contributed by atoms with E-state index in [2.05, 4.69) is 15.2 Å². The largest absolute Gasteiger partial charge is 0.481 e. The minimum atomic E-state index is -3.29. The summed E-state index contributed by atoms with van der Waals surface area (Å²) < 4.78 is 23.1. The van der Waals surface area contributed by atoms with Crippen molar-refractivity contribution in [3.05, 3.63) is 30.1 Å². The van der Waals surface area contributed by atoms with Crippen LogP contribution in [0.2, 0.25) is 0 Å². The molecule has 1 aliphatic carbocycles. The van der Waals surface area contributed by atoms with E-state index in [4.69, 9.17) is 5.11 Å². The molecule has 0 unspecified atom stereocenters. The number of H-pyrrole nitrogens is 1. The molecule has 7 nitrogen and oxygen atoms in total. The zero-order valence-electron chi connectivity index (χ0n) is 11.1. The van der Waals surface area contributed by atoms with Gasteiger partial charge in [0.2, 0.25) is 0 Å². The molecule has 21 heavy (non-hydrogen) atoms. The van der Waals surface area contributed by atoms with Gasteiger partial charge >= 0.3 is 5.97 Å². The lowest BCUT2D eigenvalue weighted by Crippen LogP contribution is -1.99.